The zero-order chi connectivity index (χ0) is 21.8. The van der Waals surface area contributed by atoms with Gasteiger partial charge in [0.1, 0.15) is 11.9 Å². The molecular weight excluding hydrogens is 397 g/mol. The summed E-state index contributed by atoms with van der Waals surface area (Å²) < 4.78 is 18.3. The maximum atomic E-state index is 13.5. The number of benzene rings is 1. The van der Waals surface area contributed by atoms with Gasteiger partial charge in [0.25, 0.3) is 5.91 Å². The molecule has 0 radical (unpaired) electrons. The predicted octanol–water partition coefficient (Wildman–Crippen LogP) is 1.36. The number of ether oxygens (including phenoxy) is 1. The minimum atomic E-state index is -1.20. The first-order chi connectivity index (χ1) is 14.3. The van der Waals surface area contributed by atoms with Crippen LogP contribution in [-0.2, 0) is 23.9 Å². The van der Waals surface area contributed by atoms with Crippen LogP contribution in [0, 0.1) is 17.7 Å². The van der Waals surface area contributed by atoms with E-state index in [1.165, 1.54) is 25.1 Å². The predicted molar refractivity (Wildman–Crippen MR) is 101 cm³/mol. The summed E-state index contributed by atoms with van der Waals surface area (Å²) in [6.07, 6.45) is 4.53. The Morgan fingerprint density at radius 1 is 1.13 bits per heavy atom. The Bertz CT molecular complexity index is 905. The minimum Gasteiger partial charge on any atom is -0.454 e. The molecular formula is C20H20FN3O6. The number of rotatable bonds is 5. The number of anilines is 1. The smallest absolute Gasteiger partial charge is 0.329 e. The van der Waals surface area contributed by atoms with Gasteiger partial charge in [-0.05, 0) is 31.9 Å². The Morgan fingerprint density at radius 2 is 1.73 bits per heavy atom. The molecule has 1 fully saturated rings. The van der Waals surface area contributed by atoms with Crippen LogP contribution >= 0.6 is 0 Å². The molecule has 30 heavy (non-hydrogen) atoms. The van der Waals surface area contributed by atoms with Crippen molar-refractivity contribution in [3.63, 3.8) is 0 Å². The summed E-state index contributed by atoms with van der Waals surface area (Å²) in [7, 11) is 0. The first-order valence-electron chi connectivity index (χ1n) is 9.33. The van der Waals surface area contributed by atoms with E-state index < -0.39 is 60.0 Å². The van der Waals surface area contributed by atoms with Crippen molar-refractivity contribution in [2.45, 2.75) is 25.8 Å². The van der Waals surface area contributed by atoms with Gasteiger partial charge in [0.2, 0.25) is 11.8 Å². The van der Waals surface area contributed by atoms with Crippen molar-refractivity contribution in [1.82, 2.24) is 10.2 Å². The Morgan fingerprint density at radius 3 is 2.33 bits per heavy atom. The number of carbonyl (C=O) groups excluding carboxylic acids is 5. The lowest BCUT2D eigenvalue weighted by atomic mass is 9.85. The van der Waals surface area contributed by atoms with E-state index in [4.69, 9.17) is 4.74 Å². The zero-order valence-electron chi connectivity index (χ0n) is 16.1. The number of para-hydroxylation sites is 1. The standard InChI is InChI=1S/C20H20FN3O6/c1-11(24-17(26)12-6-2-3-7-13(12)18(24)27)19(28)30-10-16(25)23-20(29)22-15-9-5-4-8-14(15)21/h2-5,8-9,11-13H,6-7,10H2,1H3,(H2,22,23,25,29)/t11-,12-,13+/m0/s1. The number of nitrogens with one attached hydrogen (secondary N) is 2. The van der Waals surface area contributed by atoms with Crippen molar-refractivity contribution in [2.24, 2.45) is 11.8 Å². The Kier molecular flexibility index (Phi) is 6.24. The van der Waals surface area contributed by atoms with E-state index in [0.717, 1.165) is 11.0 Å². The van der Waals surface area contributed by atoms with Gasteiger partial charge in [0.05, 0.1) is 17.5 Å². The molecule has 1 aliphatic heterocycles. The number of carbonyl (C=O) groups is 5. The van der Waals surface area contributed by atoms with Gasteiger partial charge in [0.15, 0.2) is 6.61 Å². The lowest BCUT2D eigenvalue weighted by Gasteiger charge is -2.21. The van der Waals surface area contributed by atoms with Crippen molar-refractivity contribution in [1.29, 1.82) is 0 Å². The van der Waals surface area contributed by atoms with E-state index in [1.807, 2.05) is 17.5 Å². The molecule has 9 nitrogen and oxygen atoms in total. The van der Waals surface area contributed by atoms with Crippen LogP contribution in [0.5, 0.6) is 0 Å². The van der Waals surface area contributed by atoms with Crippen LogP contribution in [0.1, 0.15) is 19.8 Å². The molecule has 0 aromatic heterocycles. The molecule has 1 aromatic rings. The van der Waals surface area contributed by atoms with E-state index in [2.05, 4.69) is 5.32 Å². The number of imide groups is 2. The van der Waals surface area contributed by atoms with E-state index in [9.17, 15) is 28.4 Å². The number of allylic oxidation sites excluding steroid dienone is 2. The van der Waals surface area contributed by atoms with Crippen LogP contribution in [0.15, 0.2) is 36.4 Å². The van der Waals surface area contributed by atoms with Crippen LogP contribution in [0.25, 0.3) is 0 Å². The number of esters is 1. The number of amides is 5. The van der Waals surface area contributed by atoms with Gasteiger partial charge in [-0.3, -0.25) is 24.6 Å². The van der Waals surface area contributed by atoms with Gasteiger partial charge < -0.3 is 10.1 Å². The molecule has 3 atom stereocenters. The number of likely N-dealkylation sites (tertiary alicyclic amines) is 1. The highest BCUT2D eigenvalue weighted by Gasteiger charge is 2.50. The number of halogens is 1. The largest absolute Gasteiger partial charge is 0.454 e. The van der Waals surface area contributed by atoms with Crippen molar-refractivity contribution in [2.75, 3.05) is 11.9 Å². The van der Waals surface area contributed by atoms with Gasteiger partial charge in [-0.25, -0.2) is 14.0 Å². The van der Waals surface area contributed by atoms with Gasteiger partial charge in [-0.15, -0.1) is 0 Å². The molecule has 3 rings (SSSR count). The molecule has 1 aliphatic carbocycles. The Balaban J connectivity index is 1.49. The first kappa shape index (κ1) is 21.2. The fourth-order valence-corrected chi connectivity index (χ4v) is 3.45. The Hall–Kier alpha value is -3.56. The highest BCUT2D eigenvalue weighted by atomic mass is 19.1. The van der Waals surface area contributed by atoms with Crippen LogP contribution in [0.3, 0.4) is 0 Å². The molecule has 0 bridgehead atoms. The lowest BCUT2D eigenvalue weighted by Crippen LogP contribution is -2.45. The van der Waals surface area contributed by atoms with E-state index in [0.29, 0.717) is 12.8 Å². The van der Waals surface area contributed by atoms with Crippen molar-refractivity contribution >= 4 is 35.4 Å². The van der Waals surface area contributed by atoms with Crippen LogP contribution in [0.4, 0.5) is 14.9 Å². The minimum absolute atomic E-state index is 0.129. The molecule has 0 unspecified atom stereocenters. The highest BCUT2D eigenvalue weighted by Crippen LogP contribution is 2.36. The second-order valence-electron chi connectivity index (χ2n) is 6.97. The van der Waals surface area contributed by atoms with Crippen LogP contribution in [-0.4, -0.2) is 47.3 Å². The third kappa shape index (κ3) is 4.37. The Labute approximate surface area is 171 Å². The van der Waals surface area contributed by atoms with Gasteiger partial charge >= 0.3 is 12.0 Å². The first-order valence-corrected chi connectivity index (χ1v) is 9.33. The second kappa shape index (κ2) is 8.85. The monoisotopic (exact) mass is 417 g/mol. The zero-order valence-corrected chi connectivity index (χ0v) is 16.1. The van der Waals surface area contributed by atoms with Crippen molar-refractivity contribution in [3.05, 3.63) is 42.2 Å². The average molecular weight is 417 g/mol. The van der Waals surface area contributed by atoms with Crippen molar-refractivity contribution in [3.8, 4) is 0 Å². The van der Waals surface area contributed by atoms with Gasteiger partial charge in [-0.2, -0.15) is 0 Å². The fraction of sp³-hybridized carbons (Fsp3) is 0.350. The summed E-state index contributed by atoms with van der Waals surface area (Å²) in [4.78, 5) is 61.6. The molecule has 1 aromatic carbocycles. The summed E-state index contributed by atoms with van der Waals surface area (Å²) in [5.74, 6) is -4.43. The molecule has 1 heterocycles. The summed E-state index contributed by atoms with van der Waals surface area (Å²) in [5, 5.41) is 4.04. The molecule has 5 amide bonds. The third-order valence-corrected chi connectivity index (χ3v) is 4.99. The topological polar surface area (TPSA) is 122 Å². The average Bonchev–Trinajstić information content (AvgIpc) is 2.98. The summed E-state index contributed by atoms with van der Waals surface area (Å²) >= 11 is 0. The van der Waals surface area contributed by atoms with Crippen LogP contribution in [0.2, 0.25) is 0 Å². The highest BCUT2D eigenvalue weighted by molar-refractivity contribution is 6.08. The number of hydrogen-bond donors (Lipinski definition) is 2. The fourth-order valence-electron chi connectivity index (χ4n) is 3.45. The van der Waals surface area contributed by atoms with Crippen molar-refractivity contribution < 1.29 is 33.1 Å². The van der Waals surface area contributed by atoms with Crippen LogP contribution < -0.4 is 10.6 Å². The van der Waals surface area contributed by atoms with Gasteiger partial charge in [-0.1, -0.05) is 24.3 Å². The molecule has 1 saturated heterocycles. The molecule has 0 saturated carbocycles. The SMILES string of the molecule is C[C@@H](C(=O)OCC(=O)NC(=O)Nc1ccccc1F)N1C(=O)[C@H]2CC=CC[C@H]2C1=O. The third-order valence-electron chi connectivity index (χ3n) is 4.99. The normalized spacial score (nSPS) is 21.1. The summed E-state index contributed by atoms with van der Waals surface area (Å²) in [6.45, 7) is 0.532. The van der Waals surface area contributed by atoms with E-state index >= 15 is 0 Å². The summed E-state index contributed by atoms with van der Waals surface area (Å²) in [6, 6.07) is 3.17. The quantitative estimate of drug-likeness (QED) is 0.424. The maximum Gasteiger partial charge on any atom is 0.329 e. The van der Waals surface area contributed by atoms with E-state index in [1.54, 1.807) is 0 Å². The molecule has 0 spiro atoms. The second-order valence-corrected chi connectivity index (χ2v) is 6.97. The molecule has 2 N–H and O–H groups in total. The molecule has 2 aliphatic rings. The van der Waals surface area contributed by atoms with Gasteiger partial charge in [0, 0.05) is 0 Å². The molecule has 158 valence electrons. The maximum absolute atomic E-state index is 13.5. The number of nitrogens with zero attached hydrogens (tertiary/aromatic N) is 1. The molecule has 10 heteroatoms. The lowest BCUT2D eigenvalue weighted by molar-refractivity contribution is -0.159. The summed E-state index contributed by atoms with van der Waals surface area (Å²) in [5.41, 5.74) is -0.129. The number of fused-ring (bicyclic) bond motifs is 1. The number of hydrogen-bond acceptors (Lipinski definition) is 6. The van der Waals surface area contributed by atoms with E-state index in [-0.39, 0.29) is 5.69 Å². The number of urea groups is 1.